The first-order valence-corrected chi connectivity index (χ1v) is 14.9. The highest BCUT2D eigenvalue weighted by Crippen LogP contribution is 2.50. The van der Waals surface area contributed by atoms with Crippen molar-refractivity contribution in [3.8, 4) is 23.0 Å². The number of methoxy groups -OCH3 is 1. The number of hydrogen-bond donors (Lipinski definition) is 5. The molecule has 3 aliphatic rings. The number of aliphatic hydroxyl groups is 1. The number of allylic oxidation sites excluding steroid dienone is 2. The number of aromatic hydroxyl groups is 3. The molecule has 0 radical (unpaired) electrons. The standard InChI is InChI=1S/C34H41NO6/c1-19-4-3-5-23(12-19)25-14-21(7-9-28(25)36)22-6-8-24-29(37)17-32(41-31(24)15-22)26-16-30(38)33(39)34(40-2)27(26)13-20-10-11-35-18-20/h3,5,7,9-11,14,16,18-19,22-24,29,31-32,35-39H,4,6,8,12-13,15,17H2,1-2H3. The maximum absolute atomic E-state index is 11.3. The maximum Gasteiger partial charge on any atom is 0.200 e. The first-order chi connectivity index (χ1) is 19.8. The third kappa shape index (κ3) is 5.45. The quantitative estimate of drug-likeness (QED) is 0.172. The number of rotatable bonds is 6. The lowest BCUT2D eigenvalue weighted by molar-refractivity contribution is -0.154. The van der Waals surface area contributed by atoms with Crippen molar-refractivity contribution in [1.82, 2.24) is 4.98 Å². The number of aliphatic hydroxyl groups excluding tert-OH is 1. The molecule has 5 N–H and O–H groups in total. The van der Waals surface area contributed by atoms with E-state index in [-0.39, 0.29) is 41.1 Å². The lowest BCUT2D eigenvalue weighted by Gasteiger charge is -2.45. The summed E-state index contributed by atoms with van der Waals surface area (Å²) in [5.41, 5.74) is 4.68. The van der Waals surface area contributed by atoms with E-state index >= 15 is 0 Å². The Labute approximate surface area is 241 Å². The van der Waals surface area contributed by atoms with Crippen LogP contribution in [0.2, 0.25) is 0 Å². The molecule has 7 atom stereocenters. The van der Waals surface area contributed by atoms with Gasteiger partial charge in [0.1, 0.15) is 5.75 Å². The molecule has 1 saturated heterocycles. The minimum absolute atomic E-state index is 0.0435. The van der Waals surface area contributed by atoms with Gasteiger partial charge in [0, 0.05) is 48.2 Å². The van der Waals surface area contributed by atoms with E-state index in [1.54, 1.807) is 6.07 Å². The van der Waals surface area contributed by atoms with Crippen LogP contribution in [0.4, 0.5) is 0 Å². The number of aromatic nitrogens is 1. The Balaban J connectivity index is 1.27. The van der Waals surface area contributed by atoms with Gasteiger partial charge >= 0.3 is 0 Å². The molecule has 2 aromatic carbocycles. The SMILES string of the molecule is COc1c(O)c(O)cc(C2CC(O)C3CCC(c4ccc(O)c(C5C=CCC(C)C5)c4)CC3O2)c1Cc1cc[nH]c1. The molecule has 1 aliphatic heterocycles. The van der Waals surface area contributed by atoms with Gasteiger partial charge in [0.2, 0.25) is 5.75 Å². The molecule has 7 heteroatoms. The number of phenolic OH excluding ortho intramolecular Hbond substituents is 3. The number of hydrogen-bond acceptors (Lipinski definition) is 6. The summed E-state index contributed by atoms with van der Waals surface area (Å²) in [6.45, 7) is 2.26. The number of aromatic amines is 1. The predicted molar refractivity (Wildman–Crippen MR) is 157 cm³/mol. The Bertz CT molecular complexity index is 1400. The summed E-state index contributed by atoms with van der Waals surface area (Å²) in [7, 11) is 1.48. The molecule has 1 saturated carbocycles. The molecule has 0 bridgehead atoms. The fourth-order valence-electron chi connectivity index (χ4n) is 7.41. The van der Waals surface area contributed by atoms with Crippen LogP contribution in [0.5, 0.6) is 23.0 Å². The Morgan fingerprint density at radius 3 is 2.61 bits per heavy atom. The van der Waals surface area contributed by atoms with Gasteiger partial charge in [0.15, 0.2) is 11.5 Å². The molecule has 0 amide bonds. The van der Waals surface area contributed by atoms with E-state index in [1.165, 1.54) is 12.7 Å². The Morgan fingerprint density at radius 2 is 1.85 bits per heavy atom. The van der Waals surface area contributed by atoms with Crippen molar-refractivity contribution in [2.24, 2.45) is 11.8 Å². The number of nitrogens with one attached hydrogen (secondary N) is 1. The summed E-state index contributed by atoms with van der Waals surface area (Å²) in [6.07, 6.45) is 12.6. The monoisotopic (exact) mass is 559 g/mol. The molecule has 2 fully saturated rings. The third-order valence-electron chi connectivity index (χ3n) is 9.58. The summed E-state index contributed by atoms with van der Waals surface area (Å²) >= 11 is 0. The van der Waals surface area contributed by atoms with Crippen LogP contribution in [0, 0.1) is 11.8 Å². The van der Waals surface area contributed by atoms with Gasteiger partial charge in [-0.15, -0.1) is 0 Å². The van der Waals surface area contributed by atoms with Crippen LogP contribution in [-0.4, -0.2) is 44.7 Å². The molecule has 2 heterocycles. The molecule has 1 aromatic heterocycles. The van der Waals surface area contributed by atoms with Crippen molar-refractivity contribution >= 4 is 0 Å². The van der Waals surface area contributed by atoms with Gasteiger partial charge in [-0.3, -0.25) is 0 Å². The van der Waals surface area contributed by atoms with Crippen LogP contribution < -0.4 is 4.74 Å². The second-order valence-corrected chi connectivity index (χ2v) is 12.3. The van der Waals surface area contributed by atoms with E-state index in [2.05, 4.69) is 30.1 Å². The lowest BCUT2D eigenvalue weighted by Crippen LogP contribution is -2.44. The number of benzene rings is 2. The van der Waals surface area contributed by atoms with E-state index in [4.69, 9.17) is 9.47 Å². The highest BCUT2D eigenvalue weighted by Gasteiger charge is 2.43. The minimum Gasteiger partial charge on any atom is -0.508 e. The van der Waals surface area contributed by atoms with Gasteiger partial charge in [-0.1, -0.05) is 31.2 Å². The summed E-state index contributed by atoms with van der Waals surface area (Å²) in [5, 5.41) is 43.2. The van der Waals surface area contributed by atoms with Crippen LogP contribution in [0.15, 0.2) is 54.9 Å². The predicted octanol–water partition coefficient (Wildman–Crippen LogP) is 6.58. The number of H-pyrrole nitrogens is 1. The van der Waals surface area contributed by atoms with Crippen molar-refractivity contribution < 1.29 is 29.9 Å². The summed E-state index contributed by atoms with van der Waals surface area (Å²) < 4.78 is 12.3. The molecular formula is C34H41NO6. The first-order valence-electron chi connectivity index (χ1n) is 14.9. The van der Waals surface area contributed by atoms with Crippen LogP contribution in [0.3, 0.4) is 0 Å². The zero-order valence-corrected chi connectivity index (χ0v) is 23.8. The molecule has 41 heavy (non-hydrogen) atoms. The third-order valence-corrected chi connectivity index (χ3v) is 9.58. The molecule has 6 rings (SSSR count). The molecule has 2 aliphatic carbocycles. The Hall–Kier alpha value is -3.42. The molecule has 3 aromatic rings. The number of fused-ring (bicyclic) bond motifs is 1. The van der Waals surface area contributed by atoms with Crippen molar-refractivity contribution in [3.63, 3.8) is 0 Å². The topological polar surface area (TPSA) is 115 Å². The second-order valence-electron chi connectivity index (χ2n) is 12.3. The van der Waals surface area contributed by atoms with Crippen LogP contribution >= 0.6 is 0 Å². The summed E-state index contributed by atoms with van der Waals surface area (Å²) in [4.78, 5) is 3.06. The van der Waals surface area contributed by atoms with Crippen molar-refractivity contribution in [1.29, 1.82) is 0 Å². The second kappa shape index (κ2) is 11.5. The van der Waals surface area contributed by atoms with Gasteiger partial charge in [-0.05, 0) is 78.8 Å². The Morgan fingerprint density at radius 1 is 1.00 bits per heavy atom. The number of ether oxygens (including phenoxy) is 2. The van der Waals surface area contributed by atoms with Gasteiger partial charge in [0.05, 0.1) is 25.4 Å². The van der Waals surface area contributed by atoms with Gasteiger partial charge < -0.3 is 34.9 Å². The zero-order chi connectivity index (χ0) is 28.7. The molecule has 7 nitrogen and oxygen atoms in total. The molecule has 7 unspecified atom stereocenters. The van der Waals surface area contributed by atoms with Crippen LogP contribution in [-0.2, 0) is 11.2 Å². The van der Waals surface area contributed by atoms with Crippen LogP contribution in [0.1, 0.15) is 91.2 Å². The van der Waals surface area contributed by atoms with E-state index in [1.807, 2.05) is 30.6 Å². The van der Waals surface area contributed by atoms with Gasteiger partial charge in [0.25, 0.3) is 0 Å². The lowest BCUT2D eigenvalue weighted by atomic mass is 9.71. The molecular weight excluding hydrogens is 518 g/mol. The molecule has 0 spiro atoms. The Kier molecular flexibility index (Phi) is 7.75. The van der Waals surface area contributed by atoms with Crippen LogP contribution in [0.25, 0.3) is 0 Å². The van der Waals surface area contributed by atoms with Crippen molar-refractivity contribution in [2.75, 3.05) is 7.11 Å². The van der Waals surface area contributed by atoms with Crippen molar-refractivity contribution in [3.05, 3.63) is 82.7 Å². The number of phenols is 3. The summed E-state index contributed by atoms with van der Waals surface area (Å²) in [6, 6.07) is 9.57. The average molecular weight is 560 g/mol. The van der Waals surface area contributed by atoms with E-state index in [9.17, 15) is 20.4 Å². The van der Waals surface area contributed by atoms with E-state index in [0.29, 0.717) is 24.5 Å². The largest absolute Gasteiger partial charge is 0.508 e. The fraction of sp³-hybridized carbons (Fsp3) is 0.471. The van der Waals surface area contributed by atoms with Gasteiger partial charge in [-0.25, -0.2) is 0 Å². The first kappa shape index (κ1) is 27.7. The van der Waals surface area contributed by atoms with E-state index in [0.717, 1.165) is 54.4 Å². The smallest absolute Gasteiger partial charge is 0.200 e. The molecule has 218 valence electrons. The zero-order valence-electron chi connectivity index (χ0n) is 23.8. The van der Waals surface area contributed by atoms with E-state index < -0.39 is 12.2 Å². The minimum atomic E-state index is -0.536. The summed E-state index contributed by atoms with van der Waals surface area (Å²) in [5.74, 6) is 1.14. The average Bonchev–Trinajstić information content (AvgIpc) is 3.48. The van der Waals surface area contributed by atoms with Gasteiger partial charge in [-0.2, -0.15) is 0 Å². The highest BCUT2D eigenvalue weighted by atomic mass is 16.5. The highest BCUT2D eigenvalue weighted by molar-refractivity contribution is 5.59. The normalized spacial score (nSPS) is 29.7. The van der Waals surface area contributed by atoms with Crippen molar-refractivity contribution in [2.45, 2.75) is 82.0 Å². The fourth-order valence-corrected chi connectivity index (χ4v) is 7.41. The maximum atomic E-state index is 11.3.